The second-order valence-corrected chi connectivity index (χ2v) is 6.58. The van der Waals surface area contributed by atoms with Crippen molar-refractivity contribution in [2.75, 3.05) is 7.11 Å². The second-order valence-electron chi connectivity index (χ2n) is 5.66. The zero-order chi connectivity index (χ0) is 16.5. The first-order chi connectivity index (χ1) is 11.8. The van der Waals surface area contributed by atoms with E-state index in [0.717, 1.165) is 27.0 Å². The largest absolute Gasteiger partial charge is 0.497 e. The fourth-order valence-corrected chi connectivity index (χ4v) is 3.40. The van der Waals surface area contributed by atoms with Crippen LogP contribution in [0.5, 0.6) is 5.75 Å². The monoisotopic (exact) mass is 377 g/mol. The molecule has 0 saturated carbocycles. The van der Waals surface area contributed by atoms with Crippen LogP contribution in [-0.4, -0.2) is 12.1 Å². The molecule has 0 aliphatic heterocycles. The Labute approximate surface area is 149 Å². The number of aromatic nitrogens is 1. The molecule has 24 heavy (non-hydrogen) atoms. The summed E-state index contributed by atoms with van der Waals surface area (Å²) >= 11 is 3.59. The molecule has 1 heterocycles. The molecule has 3 aromatic carbocycles. The van der Waals surface area contributed by atoms with Crippen molar-refractivity contribution < 1.29 is 4.74 Å². The van der Waals surface area contributed by atoms with Gasteiger partial charge in [0.2, 0.25) is 0 Å². The number of ether oxygens (including phenoxy) is 1. The molecule has 1 N–H and O–H groups in total. The fraction of sp³-hybridized carbons (Fsp3) is 0.0476. The van der Waals surface area contributed by atoms with Gasteiger partial charge in [0.1, 0.15) is 5.75 Å². The van der Waals surface area contributed by atoms with Gasteiger partial charge in [-0.3, -0.25) is 0 Å². The summed E-state index contributed by atoms with van der Waals surface area (Å²) in [6, 6.07) is 25.0. The zero-order valence-corrected chi connectivity index (χ0v) is 14.8. The van der Waals surface area contributed by atoms with Crippen LogP contribution in [0.4, 0.5) is 0 Å². The lowest BCUT2D eigenvalue weighted by molar-refractivity contribution is 0.415. The molecule has 0 aliphatic rings. The molecule has 118 valence electrons. The first kappa shape index (κ1) is 15.0. The molecule has 0 amide bonds. The van der Waals surface area contributed by atoms with Gasteiger partial charge >= 0.3 is 0 Å². The molecule has 2 nitrogen and oxygen atoms in total. The van der Waals surface area contributed by atoms with Crippen molar-refractivity contribution in [2.45, 2.75) is 0 Å². The molecule has 0 spiro atoms. The molecule has 0 fully saturated rings. The number of hydrogen-bond acceptors (Lipinski definition) is 1. The van der Waals surface area contributed by atoms with Gasteiger partial charge in [0.25, 0.3) is 0 Å². The number of nitrogens with one attached hydrogen (secondary N) is 1. The Balaban J connectivity index is 2.00. The van der Waals surface area contributed by atoms with Gasteiger partial charge < -0.3 is 9.72 Å². The number of benzene rings is 3. The first-order valence-corrected chi connectivity index (χ1v) is 8.56. The van der Waals surface area contributed by atoms with Gasteiger partial charge in [0.05, 0.1) is 12.8 Å². The van der Waals surface area contributed by atoms with E-state index in [0.29, 0.717) is 0 Å². The minimum absolute atomic E-state index is 0.860. The molecular weight excluding hydrogens is 362 g/mol. The molecule has 4 rings (SSSR count). The lowest BCUT2D eigenvalue weighted by Crippen LogP contribution is -1.85. The highest BCUT2D eigenvalue weighted by atomic mass is 79.9. The summed E-state index contributed by atoms with van der Waals surface area (Å²) < 4.78 is 6.35. The average molecular weight is 378 g/mol. The van der Waals surface area contributed by atoms with Crippen molar-refractivity contribution in [1.29, 1.82) is 0 Å². The van der Waals surface area contributed by atoms with Gasteiger partial charge in [-0.05, 0) is 53.6 Å². The van der Waals surface area contributed by atoms with Crippen molar-refractivity contribution in [1.82, 2.24) is 4.98 Å². The number of H-pyrrole nitrogens is 1. The Morgan fingerprint density at radius 1 is 0.833 bits per heavy atom. The first-order valence-electron chi connectivity index (χ1n) is 7.77. The zero-order valence-electron chi connectivity index (χ0n) is 13.2. The van der Waals surface area contributed by atoms with Crippen LogP contribution in [0.25, 0.3) is 33.3 Å². The van der Waals surface area contributed by atoms with Gasteiger partial charge in [-0.15, -0.1) is 0 Å². The molecule has 0 bridgehead atoms. The van der Waals surface area contributed by atoms with Crippen molar-refractivity contribution in [2.24, 2.45) is 0 Å². The van der Waals surface area contributed by atoms with E-state index in [1.54, 1.807) is 7.11 Å². The van der Waals surface area contributed by atoms with Crippen LogP contribution in [0.2, 0.25) is 0 Å². The highest BCUT2D eigenvalue weighted by molar-refractivity contribution is 9.10. The highest BCUT2D eigenvalue weighted by Crippen LogP contribution is 2.39. The number of aromatic amines is 1. The minimum Gasteiger partial charge on any atom is -0.497 e. The number of rotatable bonds is 3. The van der Waals surface area contributed by atoms with E-state index < -0.39 is 0 Å². The van der Waals surface area contributed by atoms with Gasteiger partial charge in [0.15, 0.2) is 0 Å². The number of hydrogen-bond donors (Lipinski definition) is 1. The Morgan fingerprint density at radius 2 is 1.58 bits per heavy atom. The van der Waals surface area contributed by atoms with Crippen LogP contribution in [0.15, 0.2) is 77.3 Å². The third kappa shape index (κ3) is 2.61. The van der Waals surface area contributed by atoms with Crippen molar-refractivity contribution >= 4 is 26.8 Å². The number of methoxy groups -OCH3 is 1. The molecule has 4 aromatic rings. The molecule has 0 saturated heterocycles. The van der Waals surface area contributed by atoms with Crippen LogP contribution in [-0.2, 0) is 0 Å². The topological polar surface area (TPSA) is 25.0 Å². The lowest BCUT2D eigenvalue weighted by Gasteiger charge is -2.07. The van der Waals surface area contributed by atoms with Crippen molar-refractivity contribution in [3.8, 4) is 28.1 Å². The standard InChI is InChI=1S/C21H16BrNO/c1-24-17-10-7-15(8-11-17)21-20(14-5-3-2-4-6-14)18-13-16(22)9-12-19(18)23-21/h2-13,23H,1H3. The van der Waals surface area contributed by atoms with Gasteiger partial charge in [-0.1, -0.05) is 46.3 Å². The van der Waals surface area contributed by atoms with E-state index in [9.17, 15) is 0 Å². The van der Waals surface area contributed by atoms with Crippen LogP contribution in [0.1, 0.15) is 0 Å². The molecule has 0 radical (unpaired) electrons. The van der Waals surface area contributed by atoms with Crippen LogP contribution in [0.3, 0.4) is 0 Å². The van der Waals surface area contributed by atoms with Crippen LogP contribution in [0, 0.1) is 0 Å². The summed E-state index contributed by atoms with van der Waals surface area (Å²) in [7, 11) is 1.69. The summed E-state index contributed by atoms with van der Waals surface area (Å²) in [6.45, 7) is 0. The van der Waals surface area contributed by atoms with Gasteiger partial charge in [-0.2, -0.15) is 0 Å². The Hall–Kier alpha value is -2.52. The minimum atomic E-state index is 0.860. The summed E-state index contributed by atoms with van der Waals surface area (Å²) in [4.78, 5) is 3.58. The van der Waals surface area contributed by atoms with E-state index >= 15 is 0 Å². The predicted octanol–water partition coefficient (Wildman–Crippen LogP) is 6.27. The lowest BCUT2D eigenvalue weighted by atomic mass is 9.98. The highest BCUT2D eigenvalue weighted by Gasteiger charge is 2.15. The number of fused-ring (bicyclic) bond motifs is 1. The predicted molar refractivity (Wildman–Crippen MR) is 103 cm³/mol. The van der Waals surface area contributed by atoms with Gasteiger partial charge in [0, 0.05) is 20.9 Å². The molecule has 0 atom stereocenters. The summed E-state index contributed by atoms with van der Waals surface area (Å²) in [5.41, 5.74) is 5.81. The maximum Gasteiger partial charge on any atom is 0.118 e. The van der Waals surface area contributed by atoms with Crippen LogP contribution >= 0.6 is 15.9 Å². The van der Waals surface area contributed by atoms with Crippen LogP contribution < -0.4 is 4.74 Å². The van der Waals surface area contributed by atoms with Gasteiger partial charge in [-0.25, -0.2) is 0 Å². The molecule has 1 aromatic heterocycles. The molecule has 3 heteroatoms. The molecular formula is C21H16BrNO. The summed E-state index contributed by atoms with van der Waals surface area (Å²) in [5.74, 6) is 0.860. The van der Waals surface area contributed by atoms with E-state index in [-0.39, 0.29) is 0 Å². The smallest absolute Gasteiger partial charge is 0.118 e. The van der Waals surface area contributed by atoms with Crippen molar-refractivity contribution in [3.05, 3.63) is 77.3 Å². The van der Waals surface area contributed by atoms with E-state index in [4.69, 9.17) is 4.74 Å². The SMILES string of the molecule is COc1ccc(-c2[nH]c3ccc(Br)cc3c2-c2ccccc2)cc1. The second kappa shape index (κ2) is 6.17. The molecule has 0 unspecified atom stereocenters. The Morgan fingerprint density at radius 3 is 2.29 bits per heavy atom. The normalized spacial score (nSPS) is 10.9. The third-order valence-corrected chi connectivity index (χ3v) is 4.70. The quantitative estimate of drug-likeness (QED) is 0.446. The maximum atomic E-state index is 5.28. The summed E-state index contributed by atoms with van der Waals surface area (Å²) in [6.07, 6.45) is 0. The van der Waals surface area contributed by atoms with E-state index in [1.807, 2.05) is 18.2 Å². The van der Waals surface area contributed by atoms with E-state index in [2.05, 4.69) is 75.5 Å². The number of halogens is 1. The fourth-order valence-electron chi connectivity index (χ4n) is 3.04. The van der Waals surface area contributed by atoms with E-state index in [1.165, 1.54) is 16.5 Å². The average Bonchev–Trinajstić information content (AvgIpc) is 3.01. The van der Waals surface area contributed by atoms with Crippen molar-refractivity contribution in [3.63, 3.8) is 0 Å². The maximum absolute atomic E-state index is 5.28. The summed E-state index contributed by atoms with van der Waals surface area (Å²) in [5, 5.41) is 1.21. The molecule has 0 aliphatic carbocycles. The Kier molecular flexibility index (Phi) is 3.87. The Bertz CT molecular complexity index is 988. The third-order valence-electron chi connectivity index (χ3n) is 4.20.